The average Bonchev–Trinajstić information content (AvgIpc) is 3.49. The molecular weight excluding hydrogens is 703 g/mol. The Morgan fingerprint density at radius 3 is 2.52 bits per heavy atom. The summed E-state index contributed by atoms with van der Waals surface area (Å²) in [7, 11) is 2.19. The molecule has 5 rings (SSSR count). The van der Waals surface area contributed by atoms with E-state index in [1.165, 1.54) is 11.8 Å². The molecule has 4 unspecified atom stereocenters. The third-order valence-corrected chi connectivity index (χ3v) is 11.2. The summed E-state index contributed by atoms with van der Waals surface area (Å²) >= 11 is 1.49. The second-order valence-corrected chi connectivity index (χ2v) is 15.9. The van der Waals surface area contributed by atoms with Crippen LogP contribution in [0.2, 0.25) is 0 Å². The predicted molar refractivity (Wildman–Crippen MR) is 217 cm³/mol. The highest BCUT2D eigenvalue weighted by molar-refractivity contribution is 7.98. The van der Waals surface area contributed by atoms with Gasteiger partial charge < -0.3 is 39.0 Å². The number of amides is 1. The van der Waals surface area contributed by atoms with Gasteiger partial charge in [0.05, 0.1) is 18.8 Å². The van der Waals surface area contributed by atoms with Gasteiger partial charge in [-0.25, -0.2) is 4.98 Å². The van der Waals surface area contributed by atoms with Crippen LogP contribution >= 0.6 is 11.8 Å². The molecule has 11 nitrogen and oxygen atoms in total. The van der Waals surface area contributed by atoms with Gasteiger partial charge in [0.1, 0.15) is 5.82 Å². The molecule has 2 N–H and O–H groups in total. The first-order chi connectivity index (χ1) is 25.9. The van der Waals surface area contributed by atoms with Gasteiger partial charge in [0.15, 0.2) is 11.5 Å². The minimum absolute atomic E-state index is 0.0936. The molecule has 54 heavy (non-hydrogen) atoms. The van der Waals surface area contributed by atoms with E-state index in [1.807, 2.05) is 57.5 Å². The number of nitrogens with one attached hydrogen (secondary N) is 2. The maximum absolute atomic E-state index is 14.0. The van der Waals surface area contributed by atoms with E-state index in [-0.39, 0.29) is 30.2 Å². The molecule has 1 saturated heterocycles. The highest BCUT2D eigenvalue weighted by atomic mass is 32.2. The topological polar surface area (TPSA) is 118 Å². The second-order valence-electron chi connectivity index (χ2n) is 15.1. The molecular formula is C42H61N5O6S. The minimum Gasteiger partial charge on any atom is -0.448 e. The fraction of sp³-hybridized carbons (Fsp3) is 0.595. The van der Waals surface area contributed by atoms with E-state index in [0.717, 1.165) is 92.5 Å². The minimum atomic E-state index is -0.910. The Labute approximate surface area is 325 Å². The highest BCUT2D eigenvalue weighted by Crippen LogP contribution is 2.50. The van der Waals surface area contributed by atoms with E-state index in [1.54, 1.807) is 0 Å². The van der Waals surface area contributed by atoms with Crippen LogP contribution in [0.4, 0.5) is 5.82 Å². The summed E-state index contributed by atoms with van der Waals surface area (Å²) in [6.45, 7) is 18.3. The number of pyridine rings is 2. The molecule has 2 aromatic heterocycles. The van der Waals surface area contributed by atoms with Crippen molar-refractivity contribution in [2.75, 3.05) is 51.1 Å². The molecule has 1 amide bonds. The molecule has 0 spiro atoms. The molecule has 3 aromatic rings. The number of aryl methyl sites for hydroxylation is 1. The summed E-state index contributed by atoms with van der Waals surface area (Å²) in [6.07, 6.45) is 9.85. The number of H-pyrrole nitrogens is 1. The number of morpholine rings is 1. The monoisotopic (exact) mass is 763 g/mol. The van der Waals surface area contributed by atoms with Crippen LogP contribution in [0, 0.1) is 13.8 Å². The number of hydrogen-bond donors (Lipinski definition) is 2. The summed E-state index contributed by atoms with van der Waals surface area (Å²) in [5, 5.41) is 3.02. The Morgan fingerprint density at radius 2 is 1.85 bits per heavy atom. The zero-order chi connectivity index (χ0) is 39.0. The molecule has 2 aliphatic rings. The number of fused-ring (bicyclic) bond motifs is 1. The Kier molecular flexibility index (Phi) is 14.5. The smallest absolute Gasteiger partial charge is 0.254 e. The van der Waals surface area contributed by atoms with Crippen molar-refractivity contribution in [2.24, 2.45) is 0 Å². The fourth-order valence-electron chi connectivity index (χ4n) is 7.57. The molecule has 0 radical (unpaired) electrons. The molecule has 12 heteroatoms. The Hall–Kier alpha value is -3.58. The van der Waals surface area contributed by atoms with Crippen LogP contribution in [0.15, 0.2) is 40.2 Å². The van der Waals surface area contributed by atoms with Crippen molar-refractivity contribution in [3.63, 3.8) is 0 Å². The first-order valence-electron chi connectivity index (χ1n) is 19.6. The third kappa shape index (κ3) is 10.2. The Bertz CT molecular complexity index is 1770. The lowest BCUT2D eigenvalue weighted by atomic mass is 9.97. The fourth-order valence-corrected chi connectivity index (χ4v) is 8.28. The maximum Gasteiger partial charge on any atom is 0.254 e. The van der Waals surface area contributed by atoms with Crippen molar-refractivity contribution in [2.45, 2.75) is 122 Å². The zero-order valence-electron chi connectivity index (χ0n) is 33.8. The van der Waals surface area contributed by atoms with E-state index >= 15 is 0 Å². The lowest BCUT2D eigenvalue weighted by molar-refractivity contribution is -0.0706. The van der Waals surface area contributed by atoms with Gasteiger partial charge >= 0.3 is 0 Å². The maximum atomic E-state index is 14.0. The molecule has 0 bridgehead atoms. The summed E-state index contributed by atoms with van der Waals surface area (Å²) in [6, 6.07) is 8.29. The van der Waals surface area contributed by atoms with Crippen LogP contribution in [0.1, 0.15) is 100 Å². The van der Waals surface area contributed by atoms with Gasteiger partial charge in [0.2, 0.25) is 5.79 Å². The molecule has 0 aliphatic carbocycles. The van der Waals surface area contributed by atoms with Crippen molar-refractivity contribution in [1.29, 1.82) is 0 Å². The first-order valence-corrected chi connectivity index (χ1v) is 20.8. The van der Waals surface area contributed by atoms with Crippen molar-refractivity contribution in [3.05, 3.63) is 63.2 Å². The summed E-state index contributed by atoms with van der Waals surface area (Å²) < 4.78 is 25.2. The number of carbonyl (C=O) groups excluding carboxylic acids is 1. The van der Waals surface area contributed by atoms with Crippen molar-refractivity contribution in [1.82, 2.24) is 20.2 Å². The van der Waals surface area contributed by atoms with Crippen molar-refractivity contribution >= 4 is 23.5 Å². The molecule has 4 heterocycles. The van der Waals surface area contributed by atoms with E-state index in [4.69, 9.17) is 23.9 Å². The van der Waals surface area contributed by atoms with Crippen LogP contribution in [0.3, 0.4) is 0 Å². The quantitative estimate of drug-likeness (QED) is 0.0997. The van der Waals surface area contributed by atoms with Crippen LogP contribution < -0.4 is 25.2 Å². The molecule has 2 aliphatic heterocycles. The van der Waals surface area contributed by atoms with E-state index < -0.39 is 5.79 Å². The van der Waals surface area contributed by atoms with Gasteiger partial charge in [-0.05, 0) is 90.9 Å². The zero-order valence-corrected chi connectivity index (χ0v) is 34.6. The van der Waals surface area contributed by atoms with Gasteiger partial charge in [-0.2, -0.15) is 0 Å². The Morgan fingerprint density at radius 1 is 1.11 bits per heavy atom. The number of hydrogen-bond acceptors (Lipinski definition) is 10. The summed E-state index contributed by atoms with van der Waals surface area (Å²) in [4.78, 5) is 40.1. The summed E-state index contributed by atoms with van der Waals surface area (Å²) in [5.41, 5.74) is 3.81. The number of anilines is 1. The predicted octanol–water partition coefficient (Wildman–Crippen LogP) is 7.50. The van der Waals surface area contributed by atoms with Gasteiger partial charge in [-0.3, -0.25) is 9.59 Å². The first kappa shape index (κ1) is 41.6. The van der Waals surface area contributed by atoms with E-state index in [0.29, 0.717) is 40.7 Å². The number of nitrogens with zero attached hydrogens (tertiary/aromatic N) is 3. The lowest BCUT2D eigenvalue weighted by Gasteiger charge is -2.36. The number of carbonyl (C=O) groups is 1. The number of aromatic nitrogens is 2. The van der Waals surface area contributed by atoms with Gasteiger partial charge in [-0.1, -0.05) is 20.3 Å². The van der Waals surface area contributed by atoms with E-state index in [2.05, 4.69) is 54.8 Å². The number of aromatic amines is 1. The normalized spacial score (nSPS) is 20.1. The molecule has 1 fully saturated rings. The van der Waals surface area contributed by atoms with Crippen molar-refractivity contribution in [3.8, 4) is 22.6 Å². The number of thioether (sulfide) groups is 1. The molecule has 1 aromatic carbocycles. The number of likely N-dealkylation sites (N-methyl/N-ethyl adjacent to an activating group) is 1. The van der Waals surface area contributed by atoms with Crippen LogP contribution in [0.5, 0.6) is 11.5 Å². The van der Waals surface area contributed by atoms with Crippen LogP contribution in [-0.4, -0.2) is 91.0 Å². The third-order valence-electron chi connectivity index (χ3n) is 10.4. The standard InChI is InChI=1S/C42H61N5O6S/c1-10-13-32(46(8)18-20-50-19-11-2)14-12-17-42(7)52-38-30(6)33(40(48)44-24-35-36(54-9)21-27(3)45-41(35)49)22-34(39(38)53-42)31-15-16-37(43-23-31)47-25-28(4)51-29(5)26-47/h15-16,21-23,28-29,32H,10-14,17-20,24-26H2,1-9H3,(H,44,48)(H,45,49). The average molecular weight is 764 g/mol. The largest absolute Gasteiger partial charge is 0.448 e. The number of ether oxygens (including phenoxy) is 4. The van der Waals surface area contributed by atoms with Gasteiger partial charge in [0, 0.05) is 96.8 Å². The van der Waals surface area contributed by atoms with Crippen LogP contribution in [-0.2, 0) is 16.0 Å². The Balaban J connectivity index is 1.40. The number of rotatable bonds is 18. The van der Waals surface area contributed by atoms with Gasteiger partial charge in [0.25, 0.3) is 11.5 Å². The second kappa shape index (κ2) is 18.8. The lowest BCUT2D eigenvalue weighted by Crippen LogP contribution is -2.45. The molecule has 0 saturated carbocycles. The van der Waals surface area contributed by atoms with Crippen molar-refractivity contribution < 1.29 is 23.7 Å². The SMILES string of the molecule is CCCOCCN(C)C(CCC)CCCC1(C)Oc2c(-c3ccc(N4CC(C)OC(C)C4)nc3)cc(C(=O)NCc3c(SC)cc(C)[nH]c3=O)c(C)c2O1. The summed E-state index contributed by atoms with van der Waals surface area (Å²) in [5.74, 6) is 0.848. The molecule has 4 atom stereocenters. The number of benzene rings is 1. The molecule has 296 valence electrons. The van der Waals surface area contributed by atoms with Crippen LogP contribution in [0.25, 0.3) is 11.1 Å². The highest BCUT2D eigenvalue weighted by Gasteiger charge is 2.40. The van der Waals surface area contributed by atoms with E-state index in [9.17, 15) is 9.59 Å². The van der Waals surface area contributed by atoms with Gasteiger partial charge in [-0.15, -0.1) is 11.8 Å².